The average molecular weight is 1310 g/mol. The molecule has 1 atom stereocenters. The van der Waals surface area contributed by atoms with Crippen LogP contribution in [0.4, 0.5) is 34.6 Å². The summed E-state index contributed by atoms with van der Waals surface area (Å²) in [6.45, 7) is -0.270. The Bertz CT molecular complexity index is 5600. The van der Waals surface area contributed by atoms with Gasteiger partial charge in [-0.1, -0.05) is 12.1 Å². The molecular formula is C67H52F4N10O11S2. The van der Waals surface area contributed by atoms with Gasteiger partial charge in [-0.15, -0.1) is 0 Å². The van der Waals surface area contributed by atoms with Crippen LogP contribution < -0.4 is 24.6 Å². The van der Waals surface area contributed by atoms with E-state index in [2.05, 4.69) is 20.9 Å². The third-order valence-electron chi connectivity index (χ3n) is 16.4. The van der Waals surface area contributed by atoms with Crippen molar-refractivity contribution in [2.24, 2.45) is 0 Å². The van der Waals surface area contributed by atoms with Gasteiger partial charge in [0.1, 0.15) is 63.3 Å². The molecule has 476 valence electrons. The highest BCUT2D eigenvalue weighted by Crippen LogP contribution is 2.46. The molecule has 0 aliphatic carbocycles. The first-order valence-corrected chi connectivity index (χ1v) is 32.3. The number of carbonyl (C=O) groups is 3. The van der Waals surface area contributed by atoms with E-state index < -0.39 is 67.3 Å². The van der Waals surface area contributed by atoms with Gasteiger partial charge in [-0.2, -0.15) is 0 Å². The average Bonchev–Trinajstić information content (AvgIpc) is 1.55. The lowest BCUT2D eigenvalue weighted by molar-refractivity contribution is 0.0585. The molecule has 1 aliphatic rings. The number of aliphatic hydroxyl groups excluding tert-OH is 1. The molecule has 0 saturated carbocycles. The number of halogens is 4. The number of furan rings is 2. The molecule has 13 aromatic rings. The third-order valence-corrected chi connectivity index (χ3v) is 18.8. The summed E-state index contributed by atoms with van der Waals surface area (Å²) in [6.07, 6.45) is 1.53. The highest BCUT2D eigenvalue weighted by atomic mass is 32.2. The van der Waals surface area contributed by atoms with E-state index in [0.29, 0.717) is 83.2 Å². The molecule has 0 spiro atoms. The number of hydrogen-bond donors (Lipinski definition) is 4. The zero-order valence-electron chi connectivity index (χ0n) is 50.6. The van der Waals surface area contributed by atoms with Crippen LogP contribution in [0.2, 0.25) is 0 Å². The largest absolute Gasteiger partial charge is 0.463 e. The Morgan fingerprint density at radius 3 is 1.62 bits per heavy atom. The van der Waals surface area contributed by atoms with Gasteiger partial charge in [0.05, 0.1) is 93.6 Å². The number of ether oxygens (including phenoxy) is 1. The summed E-state index contributed by atoms with van der Waals surface area (Å²) in [7, 11) is -0.682. The fraction of sp³-hybridized carbons (Fsp3) is 0.134. The molecule has 21 nitrogen and oxygen atoms in total. The lowest BCUT2D eigenvalue weighted by atomic mass is 10.00. The van der Waals surface area contributed by atoms with E-state index in [-0.39, 0.29) is 74.2 Å². The second-order valence-corrected chi connectivity index (χ2v) is 26.0. The van der Waals surface area contributed by atoms with Crippen LogP contribution in [-0.4, -0.2) is 118 Å². The maximum absolute atomic E-state index is 15.0. The Hall–Kier alpha value is -11.2. The van der Waals surface area contributed by atoms with Crippen molar-refractivity contribution in [3.63, 3.8) is 0 Å². The Morgan fingerprint density at radius 1 is 0.617 bits per heavy atom. The van der Waals surface area contributed by atoms with Crippen LogP contribution >= 0.6 is 0 Å². The van der Waals surface area contributed by atoms with Gasteiger partial charge in [-0.05, 0) is 121 Å². The monoisotopic (exact) mass is 1310 g/mol. The second kappa shape index (κ2) is 23.2. The van der Waals surface area contributed by atoms with Crippen LogP contribution in [0.3, 0.4) is 0 Å². The number of rotatable bonds is 12. The molecule has 0 bridgehead atoms. The van der Waals surface area contributed by atoms with Crippen molar-refractivity contribution in [3.8, 4) is 56.6 Å². The van der Waals surface area contributed by atoms with Crippen molar-refractivity contribution in [1.82, 2.24) is 34.6 Å². The smallest absolute Gasteiger partial charge is 0.374 e. The SMILES string of the molecule is CNC(=O)c1c(-c2ccc(F)cc2)oc2cc(N(C)S(C)(=O)=O)c(-c3ccc4c(n3)-c3cc5c(F)cccc5n3C(CO)N4)cc12.CNC(=O)c1c(-c2ccc(F)cc2)oc2cc(N(C)S(C)(=O)=O)c(-c3ccc4nc(C(=O)OC)n5c6cccc(F)c6cc5c4n3)cc12. The van der Waals surface area contributed by atoms with Gasteiger partial charge in [0, 0.05) is 84.1 Å². The number of pyridine rings is 2. The predicted octanol–water partition coefficient (Wildman–Crippen LogP) is 11.7. The van der Waals surface area contributed by atoms with E-state index >= 15 is 0 Å². The lowest BCUT2D eigenvalue weighted by Gasteiger charge is -2.29. The molecule has 27 heteroatoms. The lowest BCUT2D eigenvalue weighted by Crippen LogP contribution is -2.27. The number of esters is 1. The summed E-state index contributed by atoms with van der Waals surface area (Å²) in [6, 6.07) is 36.2. The molecule has 2 amide bonds. The molecule has 14 rings (SSSR count). The van der Waals surface area contributed by atoms with E-state index in [9.17, 15) is 53.9 Å². The van der Waals surface area contributed by atoms with Crippen LogP contribution in [0.15, 0.2) is 154 Å². The van der Waals surface area contributed by atoms with Gasteiger partial charge in [0.2, 0.25) is 25.9 Å². The molecule has 0 saturated heterocycles. The number of aromatic nitrogens is 5. The van der Waals surface area contributed by atoms with Gasteiger partial charge in [0.25, 0.3) is 11.8 Å². The minimum Gasteiger partial charge on any atom is -0.463 e. The molecule has 8 heterocycles. The summed E-state index contributed by atoms with van der Waals surface area (Å²) in [5.41, 5.74) is 6.85. The van der Waals surface area contributed by atoms with Crippen LogP contribution in [-0.2, 0) is 24.8 Å². The zero-order chi connectivity index (χ0) is 66.6. The Morgan fingerprint density at radius 2 is 1.12 bits per heavy atom. The number of methoxy groups -OCH3 is 1. The standard InChI is InChI=1S/C34H25F2N5O6S.C33H27F2N5O5S/c1-37-33(42)29-21-14-20(26(40(2)48(4,44)45)16-28(21)47-31(29)17-8-10-18(35)11-9-17)23-12-13-24-30(38-23)27-15-19-22(36)6-5-7-25(19)41(27)32(39-24)34(43)46-3;1-36-33(42)30-21-13-20(26(39(2)46(3,43)44)15-28(21)45-32(30)17-7-9-18(34)10-8-17)23-11-12-24-31(38-23)27-14-19-22(35)5-4-6-25(19)40(27)29(16-41)37-24/h5-16H,1-4H3,(H,37,42);4-15,29,37,41H,16H2,1-3H3,(H,36,42). The summed E-state index contributed by atoms with van der Waals surface area (Å²) in [5, 5.41) is 20.0. The summed E-state index contributed by atoms with van der Waals surface area (Å²) >= 11 is 0. The number of anilines is 3. The zero-order valence-corrected chi connectivity index (χ0v) is 52.3. The van der Waals surface area contributed by atoms with Crippen LogP contribution in [0, 0.1) is 23.3 Å². The third kappa shape index (κ3) is 10.4. The summed E-state index contributed by atoms with van der Waals surface area (Å²) in [4.78, 5) is 53.7. The first-order chi connectivity index (χ1) is 44.9. The number of fused-ring (bicyclic) bond motifs is 12. The number of amides is 2. The number of aliphatic hydroxyl groups is 1. The summed E-state index contributed by atoms with van der Waals surface area (Å²) < 4.78 is 131. The number of benzene rings is 6. The second-order valence-electron chi connectivity index (χ2n) is 22.0. The fourth-order valence-electron chi connectivity index (χ4n) is 11.8. The highest BCUT2D eigenvalue weighted by molar-refractivity contribution is 7.92. The quantitative estimate of drug-likeness (QED) is 0.0654. The van der Waals surface area contributed by atoms with E-state index in [1.807, 2.05) is 0 Å². The Balaban J connectivity index is 0.000000171. The normalized spacial score (nSPS) is 13.0. The van der Waals surface area contributed by atoms with Crippen molar-refractivity contribution in [2.45, 2.75) is 6.17 Å². The minimum absolute atomic E-state index is 0.0870. The van der Waals surface area contributed by atoms with Crippen molar-refractivity contribution < 1.29 is 67.5 Å². The first kappa shape index (κ1) is 61.7. The summed E-state index contributed by atoms with van der Waals surface area (Å²) in [5.74, 6) is -3.31. The van der Waals surface area contributed by atoms with Gasteiger partial charge < -0.3 is 39.2 Å². The number of sulfonamides is 2. The molecular weight excluding hydrogens is 1260 g/mol. The molecule has 6 aromatic carbocycles. The van der Waals surface area contributed by atoms with Crippen molar-refractivity contribution in [3.05, 3.63) is 186 Å². The molecule has 1 aliphatic heterocycles. The predicted molar refractivity (Wildman–Crippen MR) is 349 cm³/mol. The van der Waals surface area contributed by atoms with E-state index in [1.54, 1.807) is 71.3 Å². The van der Waals surface area contributed by atoms with Gasteiger partial charge in [-0.25, -0.2) is 54.1 Å². The Labute approximate surface area is 531 Å². The van der Waals surface area contributed by atoms with Crippen molar-refractivity contribution >= 4 is 115 Å². The molecule has 4 N–H and O–H groups in total. The van der Waals surface area contributed by atoms with E-state index in [4.69, 9.17) is 23.5 Å². The van der Waals surface area contributed by atoms with Gasteiger partial charge >= 0.3 is 5.97 Å². The maximum atomic E-state index is 15.0. The maximum Gasteiger partial charge on any atom is 0.374 e. The van der Waals surface area contributed by atoms with Crippen molar-refractivity contribution in [1.29, 1.82) is 0 Å². The van der Waals surface area contributed by atoms with Crippen LogP contribution in [0.5, 0.6) is 0 Å². The number of nitrogens with zero attached hydrogens (tertiary/aromatic N) is 7. The number of hydrogen-bond acceptors (Lipinski definition) is 15. The minimum atomic E-state index is -3.82. The fourth-order valence-corrected chi connectivity index (χ4v) is 12.8. The van der Waals surface area contributed by atoms with Crippen LogP contribution in [0.1, 0.15) is 37.5 Å². The highest BCUT2D eigenvalue weighted by Gasteiger charge is 2.32. The van der Waals surface area contributed by atoms with Crippen LogP contribution in [0.25, 0.3) is 117 Å². The number of nitrogens with one attached hydrogen (secondary N) is 3. The molecule has 1 unspecified atom stereocenters. The van der Waals surface area contributed by atoms with E-state index in [0.717, 1.165) is 21.1 Å². The van der Waals surface area contributed by atoms with Crippen molar-refractivity contribution in [2.75, 3.05) is 68.3 Å². The first-order valence-electron chi connectivity index (χ1n) is 28.6. The molecule has 94 heavy (non-hydrogen) atoms. The molecule has 0 radical (unpaired) electrons. The number of carbonyl (C=O) groups excluding carboxylic acids is 3. The molecule has 7 aromatic heterocycles. The topological polar surface area (TPSA) is 266 Å². The van der Waals surface area contributed by atoms with Gasteiger partial charge in [-0.3, -0.25) is 22.6 Å². The van der Waals surface area contributed by atoms with E-state index in [1.165, 1.54) is 119 Å². The Kier molecular flexibility index (Phi) is 15.2. The molecule has 0 fully saturated rings. The van der Waals surface area contributed by atoms with Gasteiger partial charge in [0.15, 0.2) is 0 Å².